The van der Waals surface area contributed by atoms with Crippen LogP contribution in [-0.2, 0) is 11.3 Å². The lowest BCUT2D eigenvalue weighted by Crippen LogP contribution is -2.18. The Morgan fingerprint density at radius 1 is 1.53 bits per heavy atom. The summed E-state index contributed by atoms with van der Waals surface area (Å²) in [6.45, 7) is 3.37. The maximum absolute atomic E-state index is 5.55. The molecule has 0 aliphatic rings. The minimum Gasteiger partial charge on any atom is -0.382 e. The van der Waals surface area contributed by atoms with E-state index in [0.29, 0.717) is 6.54 Å². The Kier molecular flexibility index (Phi) is 5.08. The second-order valence-electron chi connectivity index (χ2n) is 3.45. The fourth-order valence-electron chi connectivity index (χ4n) is 1.17. The van der Waals surface area contributed by atoms with Crippen molar-refractivity contribution < 1.29 is 4.74 Å². The van der Waals surface area contributed by atoms with Crippen molar-refractivity contribution in [3.8, 4) is 0 Å². The van der Waals surface area contributed by atoms with Gasteiger partial charge in [0.15, 0.2) is 0 Å². The Balaban J connectivity index is 2.62. The molecule has 1 unspecified atom stereocenters. The van der Waals surface area contributed by atoms with Crippen LogP contribution in [0.1, 0.15) is 12.5 Å². The molecule has 0 heterocycles. The zero-order chi connectivity index (χ0) is 11.3. The summed E-state index contributed by atoms with van der Waals surface area (Å²) in [7, 11) is 1.71. The van der Waals surface area contributed by atoms with Gasteiger partial charge in [0.1, 0.15) is 0 Å². The first-order valence-electron chi connectivity index (χ1n) is 4.92. The molecule has 0 amide bonds. The zero-order valence-corrected chi connectivity index (χ0v) is 10.7. The van der Waals surface area contributed by atoms with Crippen LogP contribution in [0.5, 0.6) is 0 Å². The van der Waals surface area contributed by atoms with E-state index in [1.165, 1.54) is 0 Å². The van der Waals surface area contributed by atoms with Crippen LogP contribution in [0, 0.1) is 0 Å². The van der Waals surface area contributed by atoms with E-state index >= 15 is 0 Å². The van der Waals surface area contributed by atoms with Gasteiger partial charge in [0.05, 0.1) is 6.10 Å². The van der Waals surface area contributed by atoms with E-state index in [-0.39, 0.29) is 6.10 Å². The fraction of sp³-hybridized carbons (Fsp3) is 0.455. The molecule has 0 aliphatic carbocycles. The van der Waals surface area contributed by atoms with Gasteiger partial charge >= 0.3 is 0 Å². The van der Waals surface area contributed by atoms with Crippen molar-refractivity contribution >= 4 is 21.6 Å². The zero-order valence-electron chi connectivity index (χ0n) is 9.09. The molecule has 0 saturated heterocycles. The molecule has 0 bridgehead atoms. The number of ether oxygens (including phenoxy) is 1. The van der Waals surface area contributed by atoms with Crippen LogP contribution in [0.2, 0.25) is 0 Å². The van der Waals surface area contributed by atoms with Gasteiger partial charge in [0.2, 0.25) is 0 Å². The van der Waals surface area contributed by atoms with Crippen molar-refractivity contribution in [3.05, 3.63) is 28.2 Å². The lowest BCUT2D eigenvalue weighted by atomic mass is 10.2. The van der Waals surface area contributed by atoms with Gasteiger partial charge in [0.25, 0.3) is 0 Å². The number of hydrogen-bond donors (Lipinski definition) is 2. The summed E-state index contributed by atoms with van der Waals surface area (Å²) >= 11 is 3.50. The molecule has 4 heteroatoms. The molecule has 3 nitrogen and oxygen atoms in total. The monoisotopic (exact) mass is 272 g/mol. The number of nitrogens with two attached hydrogens (primary N) is 1. The van der Waals surface area contributed by atoms with Crippen LogP contribution in [0.25, 0.3) is 0 Å². The molecule has 1 aromatic carbocycles. The number of hydrogen-bond acceptors (Lipinski definition) is 3. The van der Waals surface area contributed by atoms with Gasteiger partial charge < -0.3 is 15.8 Å². The third-order valence-corrected chi connectivity index (χ3v) is 2.91. The third-order valence-electron chi connectivity index (χ3n) is 2.25. The Morgan fingerprint density at radius 3 is 2.80 bits per heavy atom. The van der Waals surface area contributed by atoms with Crippen molar-refractivity contribution in [3.63, 3.8) is 0 Å². The van der Waals surface area contributed by atoms with E-state index < -0.39 is 0 Å². The van der Waals surface area contributed by atoms with Crippen LogP contribution >= 0.6 is 15.9 Å². The Morgan fingerprint density at radius 2 is 2.27 bits per heavy atom. The topological polar surface area (TPSA) is 47.3 Å². The van der Waals surface area contributed by atoms with E-state index in [0.717, 1.165) is 22.3 Å². The molecule has 1 rings (SSSR count). The first kappa shape index (κ1) is 12.5. The van der Waals surface area contributed by atoms with Crippen LogP contribution in [0.4, 0.5) is 5.69 Å². The smallest absolute Gasteiger partial charge is 0.0715 e. The maximum atomic E-state index is 5.55. The summed E-state index contributed by atoms with van der Waals surface area (Å²) < 4.78 is 6.19. The lowest BCUT2D eigenvalue weighted by Gasteiger charge is -2.13. The molecule has 1 aromatic rings. The molecule has 3 N–H and O–H groups in total. The first-order chi connectivity index (χ1) is 7.17. The van der Waals surface area contributed by atoms with Crippen molar-refractivity contribution in [2.24, 2.45) is 5.73 Å². The molecule has 0 aromatic heterocycles. The molecule has 0 spiro atoms. The van der Waals surface area contributed by atoms with E-state index in [1.807, 2.05) is 25.1 Å². The quantitative estimate of drug-likeness (QED) is 0.865. The lowest BCUT2D eigenvalue weighted by molar-refractivity contribution is 0.129. The molecular formula is C11H17BrN2O. The highest BCUT2D eigenvalue weighted by Crippen LogP contribution is 2.23. The summed E-state index contributed by atoms with van der Waals surface area (Å²) in [6.07, 6.45) is 0.200. The summed E-state index contributed by atoms with van der Waals surface area (Å²) in [4.78, 5) is 0. The number of halogens is 1. The number of nitrogens with one attached hydrogen (secondary N) is 1. The Labute approximate surface area is 99.1 Å². The fourth-order valence-corrected chi connectivity index (χ4v) is 1.73. The molecule has 1 atom stereocenters. The summed E-state index contributed by atoms with van der Waals surface area (Å²) in [5.41, 5.74) is 7.73. The van der Waals surface area contributed by atoms with E-state index in [1.54, 1.807) is 7.11 Å². The second kappa shape index (κ2) is 6.10. The largest absolute Gasteiger partial charge is 0.382 e. The molecule has 0 fully saturated rings. The van der Waals surface area contributed by atoms with E-state index in [2.05, 4.69) is 21.2 Å². The van der Waals surface area contributed by atoms with Crippen LogP contribution in [0.15, 0.2) is 22.7 Å². The molecule has 0 aliphatic heterocycles. The second-order valence-corrected chi connectivity index (χ2v) is 4.30. The number of methoxy groups -OCH3 is 1. The van der Waals surface area contributed by atoms with Crippen molar-refractivity contribution in [2.75, 3.05) is 19.0 Å². The first-order valence-corrected chi connectivity index (χ1v) is 5.71. The molecule has 0 saturated carbocycles. The summed E-state index contributed by atoms with van der Waals surface area (Å²) in [5, 5.41) is 3.30. The highest BCUT2D eigenvalue weighted by atomic mass is 79.9. The minimum absolute atomic E-state index is 0.200. The Bertz CT molecular complexity index is 317. The Hall–Kier alpha value is -0.580. The maximum Gasteiger partial charge on any atom is 0.0715 e. The SMILES string of the molecule is COC(C)CNc1ccc(CN)cc1Br. The van der Waals surface area contributed by atoms with Gasteiger partial charge in [0, 0.05) is 30.4 Å². The van der Waals surface area contributed by atoms with Gasteiger partial charge in [-0.05, 0) is 40.5 Å². The summed E-state index contributed by atoms with van der Waals surface area (Å²) in [5.74, 6) is 0. The van der Waals surface area contributed by atoms with Crippen LogP contribution in [-0.4, -0.2) is 19.8 Å². The van der Waals surface area contributed by atoms with Crippen LogP contribution < -0.4 is 11.1 Å². The number of rotatable bonds is 5. The van der Waals surface area contributed by atoms with Gasteiger partial charge in [-0.1, -0.05) is 6.07 Å². The standard InChI is InChI=1S/C11H17BrN2O/c1-8(15-2)7-14-11-4-3-9(6-13)5-10(11)12/h3-5,8,14H,6-7,13H2,1-2H3. The average molecular weight is 273 g/mol. The van der Waals surface area contributed by atoms with Crippen molar-refractivity contribution in [1.29, 1.82) is 0 Å². The van der Waals surface area contributed by atoms with Gasteiger partial charge in [-0.2, -0.15) is 0 Å². The third kappa shape index (κ3) is 3.81. The van der Waals surface area contributed by atoms with E-state index in [9.17, 15) is 0 Å². The molecule has 15 heavy (non-hydrogen) atoms. The number of anilines is 1. The predicted molar refractivity (Wildman–Crippen MR) is 67.0 cm³/mol. The highest BCUT2D eigenvalue weighted by Gasteiger charge is 2.03. The average Bonchev–Trinajstić information content (AvgIpc) is 2.26. The van der Waals surface area contributed by atoms with Gasteiger partial charge in [-0.25, -0.2) is 0 Å². The predicted octanol–water partition coefficient (Wildman–Crippen LogP) is 2.35. The molecule has 0 radical (unpaired) electrons. The minimum atomic E-state index is 0.200. The normalized spacial score (nSPS) is 12.5. The molecule has 84 valence electrons. The van der Waals surface area contributed by atoms with Crippen molar-refractivity contribution in [1.82, 2.24) is 0 Å². The van der Waals surface area contributed by atoms with Gasteiger partial charge in [-0.15, -0.1) is 0 Å². The van der Waals surface area contributed by atoms with Crippen LogP contribution in [0.3, 0.4) is 0 Å². The van der Waals surface area contributed by atoms with Gasteiger partial charge in [-0.3, -0.25) is 0 Å². The van der Waals surface area contributed by atoms with Crippen molar-refractivity contribution in [2.45, 2.75) is 19.6 Å². The highest BCUT2D eigenvalue weighted by molar-refractivity contribution is 9.10. The summed E-state index contributed by atoms with van der Waals surface area (Å²) in [6, 6.07) is 6.07. The molecular weight excluding hydrogens is 256 g/mol. The number of benzene rings is 1. The van der Waals surface area contributed by atoms with E-state index in [4.69, 9.17) is 10.5 Å².